The summed E-state index contributed by atoms with van der Waals surface area (Å²) in [6, 6.07) is 13.9. The Labute approximate surface area is 146 Å². The minimum absolute atomic E-state index is 0.0245. The number of thiophene rings is 1. The molecule has 0 atom stereocenters. The van der Waals surface area contributed by atoms with Crippen LogP contribution < -0.4 is 0 Å². The Morgan fingerprint density at radius 2 is 1.70 bits per heavy atom. The molecule has 0 spiro atoms. The summed E-state index contributed by atoms with van der Waals surface area (Å²) >= 11 is 4.92. The maximum absolute atomic E-state index is 13.0. The van der Waals surface area contributed by atoms with Crippen LogP contribution in [0.1, 0.15) is 26.4 Å². The van der Waals surface area contributed by atoms with Gasteiger partial charge in [-0.15, -0.1) is 11.3 Å². The molecule has 3 aromatic rings. The van der Waals surface area contributed by atoms with Gasteiger partial charge in [-0.1, -0.05) is 28.1 Å². The number of halogens is 2. The second kappa shape index (κ2) is 6.38. The van der Waals surface area contributed by atoms with Crippen LogP contribution in [0.3, 0.4) is 0 Å². The molecule has 0 bridgehead atoms. The Morgan fingerprint density at radius 3 is 2.39 bits per heavy atom. The van der Waals surface area contributed by atoms with E-state index in [2.05, 4.69) is 15.9 Å². The Balaban J connectivity index is 1.95. The van der Waals surface area contributed by atoms with Gasteiger partial charge in [0.2, 0.25) is 5.78 Å². The largest absolute Gasteiger partial charge is 0.288 e. The molecular formula is C19H14BrFOS. The highest BCUT2D eigenvalue weighted by Gasteiger charge is 2.16. The molecule has 4 heteroatoms. The van der Waals surface area contributed by atoms with Crippen molar-refractivity contribution in [2.24, 2.45) is 0 Å². The zero-order valence-corrected chi connectivity index (χ0v) is 15.1. The monoisotopic (exact) mass is 388 g/mol. The van der Waals surface area contributed by atoms with Crippen molar-refractivity contribution in [3.05, 3.63) is 80.4 Å². The summed E-state index contributed by atoms with van der Waals surface area (Å²) in [5.74, 6) is -0.237. The lowest BCUT2D eigenvalue weighted by Gasteiger charge is -2.07. The van der Waals surface area contributed by atoms with Crippen LogP contribution >= 0.6 is 27.3 Å². The number of carbonyl (C=O) groups is 1. The lowest BCUT2D eigenvalue weighted by atomic mass is 10.0. The third-order valence-corrected chi connectivity index (χ3v) is 5.70. The molecule has 3 rings (SSSR count). The SMILES string of the molecule is Cc1cc(C(=O)c2ccc(-c3ccc(F)cc3)s2)c(C)cc1Br. The molecule has 0 aliphatic carbocycles. The van der Waals surface area contributed by atoms with Crippen molar-refractivity contribution >= 4 is 33.0 Å². The number of aryl methyl sites for hydroxylation is 2. The molecule has 1 aromatic heterocycles. The van der Waals surface area contributed by atoms with E-state index in [9.17, 15) is 9.18 Å². The number of hydrogen-bond donors (Lipinski definition) is 0. The van der Waals surface area contributed by atoms with Gasteiger partial charge in [-0.2, -0.15) is 0 Å². The summed E-state index contributed by atoms with van der Waals surface area (Å²) in [6.45, 7) is 3.91. The fraction of sp³-hybridized carbons (Fsp3) is 0.105. The Bertz CT molecular complexity index is 881. The summed E-state index contributed by atoms with van der Waals surface area (Å²) < 4.78 is 14.0. The molecule has 1 heterocycles. The Morgan fingerprint density at radius 1 is 1.00 bits per heavy atom. The van der Waals surface area contributed by atoms with Crippen molar-refractivity contribution in [3.63, 3.8) is 0 Å². The standard InChI is InChI=1S/C19H14BrFOS/c1-11-10-16(20)12(2)9-15(11)19(22)18-8-7-17(23-18)13-3-5-14(21)6-4-13/h3-10H,1-2H3. The van der Waals surface area contributed by atoms with Gasteiger partial charge in [0.1, 0.15) is 5.82 Å². The molecule has 23 heavy (non-hydrogen) atoms. The van der Waals surface area contributed by atoms with Crippen LogP contribution in [-0.4, -0.2) is 5.78 Å². The molecule has 2 aromatic carbocycles. The predicted molar refractivity (Wildman–Crippen MR) is 96.8 cm³/mol. The smallest absolute Gasteiger partial charge is 0.203 e. The van der Waals surface area contributed by atoms with Gasteiger partial charge in [0.05, 0.1) is 4.88 Å². The van der Waals surface area contributed by atoms with E-state index < -0.39 is 0 Å². The van der Waals surface area contributed by atoms with Gasteiger partial charge < -0.3 is 0 Å². The second-order valence-corrected chi connectivity index (χ2v) is 7.35. The van der Waals surface area contributed by atoms with Crippen LogP contribution in [-0.2, 0) is 0 Å². The molecular weight excluding hydrogens is 375 g/mol. The first kappa shape index (κ1) is 16.1. The lowest BCUT2D eigenvalue weighted by molar-refractivity contribution is 0.104. The minimum atomic E-state index is -0.262. The quantitative estimate of drug-likeness (QED) is 0.490. The molecule has 1 nitrogen and oxygen atoms in total. The van der Waals surface area contributed by atoms with Crippen molar-refractivity contribution in [1.29, 1.82) is 0 Å². The molecule has 0 amide bonds. The average Bonchev–Trinajstić information content (AvgIpc) is 3.01. The van der Waals surface area contributed by atoms with E-state index in [1.807, 2.05) is 38.1 Å². The molecule has 0 N–H and O–H groups in total. The number of hydrogen-bond acceptors (Lipinski definition) is 2. The third kappa shape index (κ3) is 3.28. The highest BCUT2D eigenvalue weighted by atomic mass is 79.9. The maximum atomic E-state index is 13.0. The predicted octanol–water partition coefficient (Wildman–Crippen LogP) is 6.16. The van der Waals surface area contributed by atoms with Gasteiger partial charge in [0, 0.05) is 14.9 Å². The molecule has 0 radical (unpaired) electrons. The number of carbonyl (C=O) groups excluding carboxylic acids is 1. The van der Waals surface area contributed by atoms with E-state index in [1.165, 1.54) is 23.5 Å². The van der Waals surface area contributed by atoms with Gasteiger partial charge in [-0.25, -0.2) is 4.39 Å². The van der Waals surface area contributed by atoms with E-state index in [-0.39, 0.29) is 11.6 Å². The van der Waals surface area contributed by atoms with Gasteiger partial charge in [-0.3, -0.25) is 4.79 Å². The zero-order valence-electron chi connectivity index (χ0n) is 12.7. The Hall–Kier alpha value is -1.78. The lowest BCUT2D eigenvalue weighted by Crippen LogP contribution is -2.02. The molecule has 0 aliphatic heterocycles. The number of ketones is 1. The fourth-order valence-electron chi connectivity index (χ4n) is 2.39. The topological polar surface area (TPSA) is 17.1 Å². The molecule has 0 fully saturated rings. The van der Waals surface area contributed by atoms with Crippen LogP contribution in [0, 0.1) is 19.7 Å². The van der Waals surface area contributed by atoms with Gasteiger partial charge in [0.15, 0.2) is 0 Å². The van der Waals surface area contributed by atoms with E-state index in [0.29, 0.717) is 4.88 Å². The molecule has 0 aliphatic rings. The van der Waals surface area contributed by atoms with Crippen LogP contribution in [0.4, 0.5) is 4.39 Å². The number of benzene rings is 2. The van der Waals surface area contributed by atoms with Crippen LogP contribution in [0.5, 0.6) is 0 Å². The van der Waals surface area contributed by atoms with Crippen LogP contribution in [0.2, 0.25) is 0 Å². The van der Waals surface area contributed by atoms with E-state index in [0.717, 1.165) is 31.6 Å². The van der Waals surface area contributed by atoms with Crippen LogP contribution in [0.25, 0.3) is 10.4 Å². The van der Waals surface area contributed by atoms with Gasteiger partial charge >= 0.3 is 0 Å². The summed E-state index contributed by atoms with van der Waals surface area (Å²) in [7, 11) is 0. The van der Waals surface area contributed by atoms with Crippen molar-refractivity contribution in [1.82, 2.24) is 0 Å². The van der Waals surface area contributed by atoms with Gasteiger partial charge in [-0.05, 0) is 66.9 Å². The number of rotatable bonds is 3. The summed E-state index contributed by atoms with van der Waals surface area (Å²) in [5.41, 5.74) is 3.62. The van der Waals surface area contributed by atoms with Crippen LogP contribution in [0.15, 0.2) is 53.0 Å². The van der Waals surface area contributed by atoms with Crippen molar-refractivity contribution in [3.8, 4) is 10.4 Å². The summed E-state index contributed by atoms with van der Waals surface area (Å²) in [6.07, 6.45) is 0. The normalized spacial score (nSPS) is 10.8. The molecule has 0 saturated carbocycles. The highest BCUT2D eigenvalue weighted by molar-refractivity contribution is 9.10. The first-order chi connectivity index (χ1) is 11.0. The summed E-state index contributed by atoms with van der Waals surface area (Å²) in [4.78, 5) is 14.4. The fourth-order valence-corrected chi connectivity index (χ4v) is 3.81. The minimum Gasteiger partial charge on any atom is -0.288 e. The first-order valence-electron chi connectivity index (χ1n) is 7.13. The van der Waals surface area contributed by atoms with Crippen molar-refractivity contribution in [2.45, 2.75) is 13.8 Å². The maximum Gasteiger partial charge on any atom is 0.203 e. The zero-order chi connectivity index (χ0) is 16.6. The Kier molecular flexibility index (Phi) is 4.46. The van der Waals surface area contributed by atoms with E-state index in [4.69, 9.17) is 0 Å². The summed E-state index contributed by atoms with van der Waals surface area (Å²) in [5, 5.41) is 0. The molecule has 116 valence electrons. The van der Waals surface area contributed by atoms with Gasteiger partial charge in [0.25, 0.3) is 0 Å². The van der Waals surface area contributed by atoms with E-state index >= 15 is 0 Å². The molecule has 0 saturated heterocycles. The van der Waals surface area contributed by atoms with Crippen molar-refractivity contribution in [2.75, 3.05) is 0 Å². The third-order valence-electron chi connectivity index (χ3n) is 3.71. The molecule has 0 unspecified atom stereocenters. The first-order valence-corrected chi connectivity index (χ1v) is 8.74. The van der Waals surface area contributed by atoms with Crippen molar-refractivity contribution < 1.29 is 9.18 Å². The van der Waals surface area contributed by atoms with E-state index in [1.54, 1.807) is 12.1 Å². The highest BCUT2D eigenvalue weighted by Crippen LogP contribution is 2.31. The average molecular weight is 389 g/mol. The second-order valence-electron chi connectivity index (χ2n) is 5.42.